The molecule has 4 heterocycles. The van der Waals surface area contributed by atoms with E-state index in [0.717, 1.165) is 69.0 Å². The summed E-state index contributed by atoms with van der Waals surface area (Å²) in [5, 5.41) is 0. The number of hydrogen-bond acceptors (Lipinski definition) is 7. The van der Waals surface area contributed by atoms with Gasteiger partial charge in [0.15, 0.2) is 0 Å². The van der Waals surface area contributed by atoms with Crippen LogP contribution in [-0.4, -0.2) is 70.8 Å². The largest absolute Gasteiger partial charge is 0.378 e. The second kappa shape index (κ2) is 7.47. The number of rotatable bonds is 4. The van der Waals surface area contributed by atoms with Gasteiger partial charge in [-0.3, -0.25) is 4.90 Å². The maximum absolute atomic E-state index is 6.01. The maximum Gasteiger partial charge on any atom is 0.132 e. The third kappa shape index (κ3) is 3.97. The molecule has 2 aliphatic rings. The molecule has 0 aliphatic carbocycles. The minimum Gasteiger partial charge on any atom is -0.378 e. The molecule has 8 heteroatoms. The van der Waals surface area contributed by atoms with E-state index in [0.29, 0.717) is 6.61 Å². The Labute approximate surface area is 147 Å². The third-order valence-electron chi connectivity index (χ3n) is 4.61. The standard InChI is InChI=1S/C17H24N6O2/c1-13-20-15(8-17(21-13)23-3-5-24-6-4-23)16-11-22(2-7-25-16)10-14-9-18-12-19-14/h8-9,12,16H,2-7,10-11H2,1H3,(H,18,19)/t16-/m1/s1. The van der Waals surface area contributed by atoms with Crippen molar-refractivity contribution in [2.45, 2.75) is 19.6 Å². The Kier molecular flexibility index (Phi) is 4.91. The number of morpholine rings is 2. The van der Waals surface area contributed by atoms with Crippen molar-refractivity contribution in [2.24, 2.45) is 0 Å². The molecule has 2 aromatic rings. The van der Waals surface area contributed by atoms with E-state index in [9.17, 15) is 0 Å². The highest BCUT2D eigenvalue weighted by Gasteiger charge is 2.25. The number of imidazole rings is 1. The Bertz CT molecular complexity index is 686. The van der Waals surface area contributed by atoms with Gasteiger partial charge in [-0.05, 0) is 6.92 Å². The molecule has 0 spiro atoms. The first-order valence-corrected chi connectivity index (χ1v) is 8.77. The van der Waals surface area contributed by atoms with E-state index in [1.807, 2.05) is 13.1 Å². The molecule has 25 heavy (non-hydrogen) atoms. The lowest BCUT2D eigenvalue weighted by atomic mass is 10.2. The van der Waals surface area contributed by atoms with E-state index in [-0.39, 0.29) is 6.10 Å². The number of ether oxygens (including phenoxy) is 2. The molecule has 0 unspecified atom stereocenters. The number of hydrogen-bond donors (Lipinski definition) is 1. The molecule has 2 fully saturated rings. The van der Waals surface area contributed by atoms with Crippen LogP contribution in [0.5, 0.6) is 0 Å². The summed E-state index contributed by atoms with van der Waals surface area (Å²) in [7, 11) is 0. The normalized spacial score (nSPS) is 22.3. The van der Waals surface area contributed by atoms with Gasteiger partial charge in [0.05, 0.1) is 31.8 Å². The van der Waals surface area contributed by atoms with E-state index in [1.54, 1.807) is 6.33 Å². The van der Waals surface area contributed by atoms with Crippen molar-refractivity contribution < 1.29 is 9.47 Å². The Balaban J connectivity index is 1.49. The summed E-state index contributed by atoms with van der Waals surface area (Å²) in [6, 6.07) is 2.07. The zero-order valence-corrected chi connectivity index (χ0v) is 14.5. The average Bonchev–Trinajstić information content (AvgIpc) is 3.15. The molecule has 0 amide bonds. The predicted octanol–water partition coefficient (Wildman–Crippen LogP) is 0.918. The van der Waals surface area contributed by atoms with E-state index >= 15 is 0 Å². The molecule has 1 N–H and O–H groups in total. The van der Waals surface area contributed by atoms with Crippen molar-refractivity contribution in [3.8, 4) is 0 Å². The predicted molar refractivity (Wildman–Crippen MR) is 92.4 cm³/mol. The van der Waals surface area contributed by atoms with Crippen molar-refractivity contribution in [1.29, 1.82) is 0 Å². The van der Waals surface area contributed by atoms with Crippen molar-refractivity contribution in [2.75, 3.05) is 50.9 Å². The lowest BCUT2D eigenvalue weighted by Gasteiger charge is -2.33. The number of nitrogens with zero attached hydrogens (tertiary/aromatic N) is 5. The first-order chi connectivity index (χ1) is 12.3. The Morgan fingerprint density at radius 3 is 2.88 bits per heavy atom. The summed E-state index contributed by atoms with van der Waals surface area (Å²) < 4.78 is 11.4. The molecule has 0 saturated carbocycles. The fourth-order valence-corrected chi connectivity index (χ4v) is 3.33. The SMILES string of the molecule is Cc1nc([C@H]2CN(Cc3cnc[nH]3)CCO2)cc(N2CCOCC2)n1. The van der Waals surface area contributed by atoms with E-state index < -0.39 is 0 Å². The first kappa shape index (κ1) is 16.4. The van der Waals surface area contributed by atoms with Gasteiger partial charge in [-0.1, -0.05) is 0 Å². The number of H-pyrrole nitrogens is 1. The molecule has 0 radical (unpaired) electrons. The monoisotopic (exact) mass is 344 g/mol. The summed E-state index contributed by atoms with van der Waals surface area (Å²) in [4.78, 5) is 21.1. The van der Waals surface area contributed by atoms with Crippen molar-refractivity contribution >= 4 is 5.82 Å². The van der Waals surface area contributed by atoms with Crippen LogP contribution in [-0.2, 0) is 16.0 Å². The molecule has 4 rings (SSSR count). The number of aryl methyl sites for hydroxylation is 1. The lowest BCUT2D eigenvalue weighted by molar-refractivity contribution is -0.0354. The maximum atomic E-state index is 6.01. The van der Waals surface area contributed by atoms with Gasteiger partial charge >= 0.3 is 0 Å². The fourth-order valence-electron chi connectivity index (χ4n) is 3.33. The van der Waals surface area contributed by atoms with Gasteiger partial charge in [0.25, 0.3) is 0 Å². The van der Waals surface area contributed by atoms with Gasteiger partial charge in [-0.15, -0.1) is 0 Å². The van der Waals surface area contributed by atoms with Crippen LogP contribution in [0, 0.1) is 6.92 Å². The summed E-state index contributed by atoms with van der Waals surface area (Å²) in [6.07, 6.45) is 3.56. The van der Waals surface area contributed by atoms with E-state index in [2.05, 4.69) is 35.8 Å². The van der Waals surface area contributed by atoms with Crippen LogP contribution < -0.4 is 4.90 Å². The summed E-state index contributed by atoms with van der Waals surface area (Å²) in [6.45, 7) is 8.45. The van der Waals surface area contributed by atoms with Crippen molar-refractivity contribution in [3.63, 3.8) is 0 Å². The minimum absolute atomic E-state index is 0.0295. The van der Waals surface area contributed by atoms with Crippen LogP contribution in [0.25, 0.3) is 0 Å². The Morgan fingerprint density at radius 2 is 2.08 bits per heavy atom. The molecule has 2 saturated heterocycles. The Morgan fingerprint density at radius 1 is 1.20 bits per heavy atom. The number of aromatic nitrogens is 4. The summed E-state index contributed by atoms with van der Waals surface area (Å²) in [5.41, 5.74) is 2.08. The molecule has 2 aliphatic heterocycles. The molecule has 0 bridgehead atoms. The fraction of sp³-hybridized carbons (Fsp3) is 0.588. The highest BCUT2D eigenvalue weighted by atomic mass is 16.5. The molecule has 134 valence electrons. The van der Waals surface area contributed by atoms with Crippen LogP contribution in [0.15, 0.2) is 18.6 Å². The van der Waals surface area contributed by atoms with Gasteiger partial charge in [0, 0.05) is 50.7 Å². The van der Waals surface area contributed by atoms with Crippen LogP contribution in [0.3, 0.4) is 0 Å². The minimum atomic E-state index is -0.0295. The first-order valence-electron chi connectivity index (χ1n) is 8.77. The second-order valence-electron chi connectivity index (χ2n) is 6.47. The molecular formula is C17H24N6O2. The van der Waals surface area contributed by atoms with E-state index in [4.69, 9.17) is 9.47 Å². The molecular weight excluding hydrogens is 320 g/mol. The zero-order chi connectivity index (χ0) is 17.1. The smallest absolute Gasteiger partial charge is 0.132 e. The second-order valence-corrected chi connectivity index (χ2v) is 6.47. The van der Waals surface area contributed by atoms with E-state index in [1.165, 1.54) is 0 Å². The van der Waals surface area contributed by atoms with Crippen LogP contribution in [0.1, 0.15) is 23.3 Å². The lowest BCUT2D eigenvalue weighted by Crippen LogP contribution is -2.39. The summed E-state index contributed by atoms with van der Waals surface area (Å²) in [5.74, 6) is 1.76. The molecule has 8 nitrogen and oxygen atoms in total. The van der Waals surface area contributed by atoms with Gasteiger partial charge in [-0.25, -0.2) is 15.0 Å². The molecule has 1 atom stereocenters. The number of aromatic amines is 1. The Hall–Kier alpha value is -2.03. The topological polar surface area (TPSA) is 79.4 Å². The highest BCUT2D eigenvalue weighted by molar-refractivity contribution is 5.41. The molecule has 0 aromatic carbocycles. The van der Waals surface area contributed by atoms with Crippen molar-refractivity contribution in [3.05, 3.63) is 35.8 Å². The quantitative estimate of drug-likeness (QED) is 0.883. The van der Waals surface area contributed by atoms with Gasteiger partial charge in [0.2, 0.25) is 0 Å². The third-order valence-corrected chi connectivity index (χ3v) is 4.61. The number of nitrogens with one attached hydrogen (secondary N) is 1. The number of anilines is 1. The zero-order valence-electron chi connectivity index (χ0n) is 14.5. The van der Waals surface area contributed by atoms with Crippen LogP contribution in [0.4, 0.5) is 5.82 Å². The molecule has 2 aromatic heterocycles. The highest BCUT2D eigenvalue weighted by Crippen LogP contribution is 2.25. The van der Waals surface area contributed by atoms with Gasteiger partial charge < -0.3 is 19.4 Å². The van der Waals surface area contributed by atoms with Gasteiger partial charge in [-0.2, -0.15) is 0 Å². The summed E-state index contributed by atoms with van der Waals surface area (Å²) >= 11 is 0. The van der Waals surface area contributed by atoms with Crippen LogP contribution in [0.2, 0.25) is 0 Å². The van der Waals surface area contributed by atoms with Crippen LogP contribution >= 0.6 is 0 Å². The van der Waals surface area contributed by atoms with Gasteiger partial charge in [0.1, 0.15) is 17.7 Å². The van der Waals surface area contributed by atoms with Crippen molar-refractivity contribution in [1.82, 2.24) is 24.8 Å². The average molecular weight is 344 g/mol.